The summed E-state index contributed by atoms with van der Waals surface area (Å²) in [5.41, 5.74) is -0.154. The van der Waals surface area contributed by atoms with Gasteiger partial charge in [-0.3, -0.25) is 0 Å². The van der Waals surface area contributed by atoms with E-state index in [0.29, 0.717) is 0 Å². The van der Waals surface area contributed by atoms with Crippen LogP contribution in [-0.4, -0.2) is 10.2 Å². The molecule has 87 valence electrons. The maximum Gasteiger partial charge on any atom is 0.228 e. The molecule has 0 atom stereocenters. The van der Waals surface area contributed by atoms with Crippen molar-refractivity contribution in [2.75, 3.05) is 0 Å². The summed E-state index contributed by atoms with van der Waals surface area (Å²) >= 11 is 4.66. The summed E-state index contributed by atoms with van der Waals surface area (Å²) in [6.07, 6.45) is 0.124. The SMILES string of the molecule is OC(=S)CC1(c2ccccc2)N=NN=N1.[Ag]. The molecule has 0 saturated heterocycles. The van der Waals surface area contributed by atoms with E-state index in [1.807, 2.05) is 30.3 Å². The molecule has 0 spiro atoms. The predicted molar refractivity (Wildman–Crippen MR) is 57.7 cm³/mol. The van der Waals surface area contributed by atoms with Gasteiger partial charge in [-0.05, 0) is 22.7 Å². The van der Waals surface area contributed by atoms with Gasteiger partial charge in [-0.1, -0.05) is 30.3 Å². The van der Waals surface area contributed by atoms with Crippen LogP contribution in [0.5, 0.6) is 0 Å². The van der Waals surface area contributed by atoms with Crippen molar-refractivity contribution in [2.45, 2.75) is 12.1 Å². The molecule has 0 aliphatic carbocycles. The molecule has 0 fully saturated rings. The minimum Gasteiger partial charge on any atom is -0.502 e. The average Bonchev–Trinajstić information content (AvgIpc) is 2.68. The Morgan fingerprint density at radius 1 is 1.19 bits per heavy atom. The second kappa shape index (κ2) is 5.40. The fourth-order valence-corrected chi connectivity index (χ4v) is 1.61. The van der Waals surface area contributed by atoms with E-state index in [1.54, 1.807) is 0 Å². The maximum atomic E-state index is 9.17. The van der Waals surface area contributed by atoms with Crippen molar-refractivity contribution in [3.8, 4) is 0 Å². The van der Waals surface area contributed by atoms with Crippen LogP contribution in [0.1, 0.15) is 12.0 Å². The molecule has 7 heteroatoms. The number of hydrogen-bond acceptors (Lipinski definition) is 5. The molecule has 16 heavy (non-hydrogen) atoms. The molecule has 1 radical (unpaired) electrons. The number of aliphatic hydroxyl groups is 1. The monoisotopic (exact) mass is 327 g/mol. The molecule has 1 aromatic carbocycles. The van der Waals surface area contributed by atoms with Crippen molar-refractivity contribution in [1.82, 2.24) is 0 Å². The fourth-order valence-electron chi connectivity index (χ4n) is 1.41. The molecule has 1 heterocycles. The first kappa shape index (κ1) is 13.1. The van der Waals surface area contributed by atoms with E-state index < -0.39 is 5.66 Å². The number of thiocarbonyl (C=S) groups is 1. The standard InChI is InChI=1S/C9H8N4OS.Ag/c14-8(15)6-9(10-12-13-11-9)7-4-2-1-3-5-7;/h1-5H,6H2,(H,14,15);. The largest absolute Gasteiger partial charge is 0.502 e. The van der Waals surface area contributed by atoms with Gasteiger partial charge in [0, 0.05) is 27.9 Å². The van der Waals surface area contributed by atoms with Gasteiger partial charge in [0.1, 0.15) is 0 Å². The summed E-state index contributed by atoms with van der Waals surface area (Å²) in [7, 11) is 0. The van der Waals surface area contributed by atoms with Crippen molar-refractivity contribution in [2.24, 2.45) is 20.7 Å². The summed E-state index contributed by atoms with van der Waals surface area (Å²) in [4.78, 5) is 0. The van der Waals surface area contributed by atoms with Gasteiger partial charge in [0.05, 0.1) is 6.42 Å². The normalized spacial score (nSPS) is 15.8. The van der Waals surface area contributed by atoms with Gasteiger partial charge in [-0.2, -0.15) is 0 Å². The third kappa shape index (κ3) is 2.59. The van der Waals surface area contributed by atoms with Gasteiger partial charge in [0.2, 0.25) is 5.66 Å². The quantitative estimate of drug-likeness (QED) is 0.685. The Kier molecular flexibility index (Phi) is 4.43. The van der Waals surface area contributed by atoms with Crippen LogP contribution < -0.4 is 0 Å². The van der Waals surface area contributed by atoms with Crippen molar-refractivity contribution < 1.29 is 27.5 Å². The minimum atomic E-state index is -0.965. The molecule has 0 aromatic heterocycles. The fraction of sp³-hybridized carbons (Fsp3) is 0.222. The summed E-state index contributed by atoms with van der Waals surface area (Å²) < 4.78 is 0. The van der Waals surface area contributed by atoms with E-state index in [-0.39, 0.29) is 33.9 Å². The van der Waals surface area contributed by atoms with Crippen LogP contribution in [0, 0.1) is 0 Å². The molecule has 1 aliphatic rings. The second-order valence-corrected chi connectivity index (χ2v) is 3.60. The Labute approximate surface area is 113 Å². The minimum absolute atomic E-state index is 0. The Balaban J connectivity index is 0.00000128. The number of benzene rings is 1. The van der Waals surface area contributed by atoms with Gasteiger partial charge in [0.25, 0.3) is 0 Å². The number of nitrogens with zero attached hydrogens (tertiary/aromatic N) is 4. The van der Waals surface area contributed by atoms with Crippen LogP contribution in [-0.2, 0) is 28.0 Å². The summed E-state index contributed by atoms with van der Waals surface area (Å²) in [5, 5.41) is 23.8. The molecule has 1 aliphatic heterocycles. The van der Waals surface area contributed by atoms with Crippen molar-refractivity contribution >= 4 is 17.3 Å². The van der Waals surface area contributed by atoms with Crippen molar-refractivity contribution in [1.29, 1.82) is 0 Å². The van der Waals surface area contributed by atoms with E-state index in [9.17, 15) is 0 Å². The van der Waals surface area contributed by atoms with Crippen LogP contribution in [0.4, 0.5) is 0 Å². The van der Waals surface area contributed by atoms with E-state index in [0.717, 1.165) is 5.56 Å². The van der Waals surface area contributed by atoms with E-state index in [2.05, 4.69) is 32.9 Å². The van der Waals surface area contributed by atoms with E-state index in [1.165, 1.54) is 0 Å². The van der Waals surface area contributed by atoms with Crippen LogP contribution in [0.25, 0.3) is 0 Å². The van der Waals surface area contributed by atoms with Gasteiger partial charge < -0.3 is 5.11 Å². The molecular formula is C9H8AgN4OS. The number of aliphatic hydroxyl groups excluding tert-OH is 1. The van der Waals surface area contributed by atoms with E-state index in [4.69, 9.17) is 5.11 Å². The number of rotatable bonds is 3. The maximum absolute atomic E-state index is 9.17. The first-order valence-electron chi connectivity index (χ1n) is 4.34. The van der Waals surface area contributed by atoms with Crippen molar-refractivity contribution in [3.63, 3.8) is 0 Å². The zero-order valence-corrected chi connectivity index (χ0v) is 10.3. The predicted octanol–water partition coefficient (Wildman–Crippen LogP) is 2.95. The molecule has 2 rings (SSSR count). The van der Waals surface area contributed by atoms with Gasteiger partial charge in [0.15, 0.2) is 5.05 Å². The summed E-state index contributed by atoms with van der Waals surface area (Å²) in [6, 6.07) is 9.31. The Bertz CT molecular complexity index is 422. The second-order valence-electron chi connectivity index (χ2n) is 3.13. The molecule has 0 unspecified atom stereocenters. The third-order valence-corrected chi connectivity index (χ3v) is 2.24. The van der Waals surface area contributed by atoms with Gasteiger partial charge in [-0.15, -0.1) is 10.2 Å². The summed E-state index contributed by atoms with van der Waals surface area (Å²) in [5.74, 6) is 0. The molecule has 1 aromatic rings. The number of hydrogen-bond donors (Lipinski definition) is 1. The molecular weight excluding hydrogens is 320 g/mol. The topological polar surface area (TPSA) is 69.7 Å². The molecule has 0 bridgehead atoms. The van der Waals surface area contributed by atoms with Crippen LogP contribution >= 0.6 is 12.2 Å². The average molecular weight is 328 g/mol. The molecule has 0 amide bonds. The van der Waals surface area contributed by atoms with Crippen LogP contribution in [0.15, 0.2) is 51.0 Å². The Morgan fingerprint density at radius 2 is 1.75 bits per heavy atom. The molecule has 5 nitrogen and oxygen atoms in total. The smallest absolute Gasteiger partial charge is 0.228 e. The van der Waals surface area contributed by atoms with Gasteiger partial charge in [-0.25, -0.2) is 0 Å². The molecule has 1 N–H and O–H groups in total. The zero-order valence-electron chi connectivity index (χ0n) is 8.04. The van der Waals surface area contributed by atoms with Crippen molar-refractivity contribution in [3.05, 3.63) is 35.9 Å². The van der Waals surface area contributed by atoms with E-state index >= 15 is 0 Å². The first-order valence-corrected chi connectivity index (χ1v) is 4.75. The zero-order chi connectivity index (χ0) is 10.7. The van der Waals surface area contributed by atoms with Crippen LogP contribution in [0.3, 0.4) is 0 Å². The molecule has 0 saturated carbocycles. The Hall–Kier alpha value is -0.950. The van der Waals surface area contributed by atoms with Gasteiger partial charge >= 0.3 is 0 Å². The first-order chi connectivity index (χ1) is 7.23. The Morgan fingerprint density at radius 3 is 2.25 bits per heavy atom. The third-order valence-electron chi connectivity index (χ3n) is 2.09. The summed E-state index contributed by atoms with van der Waals surface area (Å²) in [6.45, 7) is 0. The van der Waals surface area contributed by atoms with Crippen LogP contribution in [0.2, 0.25) is 0 Å².